The molecule has 2 saturated heterocycles. The zero-order valence-electron chi connectivity index (χ0n) is 35.5. The van der Waals surface area contributed by atoms with Crippen molar-refractivity contribution in [1.29, 1.82) is 0 Å². The molecule has 63 heavy (non-hydrogen) atoms. The van der Waals surface area contributed by atoms with Crippen molar-refractivity contribution in [2.75, 3.05) is 38.1 Å². The first-order valence-electron chi connectivity index (χ1n) is 20.1. The van der Waals surface area contributed by atoms with E-state index in [0.717, 1.165) is 83.3 Å². The molecular formula is C44H55Cl2IN2O14. The summed E-state index contributed by atoms with van der Waals surface area (Å²) in [6, 6.07) is 25.1. The third kappa shape index (κ3) is 16.6. The predicted octanol–water partition coefficient (Wildman–Crippen LogP) is 8.42. The van der Waals surface area contributed by atoms with Crippen molar-refractivity contribution >= 4 is 84.3 Å². The first-order chi connectivity index (χ1) is 30.2. The first kappa shape index (κ1) is 52.4. The van der Waals surface area contributed by atoms with Crippen molar-refractivity contribution in [2.45, 2.75) is 72.5 Å². The van der Waals surface area contributed by atoms with Gasteiger partial charge in [-0.3, -0.25) is 0 Å². The molecule has 0 radical (unpaired) electrons. The summed E-state index contributed by atoms with van der Waals surface area (Å²) >= 11 is 3.50. The average Bonchev–Trinajstić information content (AvgIpc) is 3.54. The molecule has 16 nitrogen and oxygen atoms in total. The number of halogens is 3. The molecule has 2 unspecified atom stereocenters. The second-order valence-electron chi connectivity index (χ2n) is 14.2. The first-order valence-corrected chi connectivity index (χ1v) is 25.8. The van der Waals surface area contributed by atoms with Crippen molar-refractivity contribution in [2.24, 2.45) is 11.8 Å². The fourth-order valence-electron chi connectivity index (χ4n) is 6.50. The molecule has 0 saturated carbocycles. The van der Waals surface area contributed by atoms with Crippen molar-refractivity contribution < 1.29 is 60.4 Å². The van der Waals surface area contributed by atoms with E-state index in [1.165, 1.54) is 18.2 Å². The second kappa shape index (κ2) is 26.6. The summed E-state index contributed by atoms with van der Waals surface area (Å²) in [7, 11) is 0. The molecule has 0 bridgehead atoms. The maximum absolute atomic E-state index is 12.1. The fourth-order valence-corrected chi connectivity index (χ4v) is 14.3. The minimum Gasteiger partial charge on any atom is -0.445 e. The van der Waals surface area contributed by atoms with Crippen LogP contribution >= 0.6 is 41.9 Å². The van der Waals surface area contributed by atoms with Crippen LogP contribution in [0.5, 0.6) is 0 Å². The van der Waals surface area contributed by atoms with Gasteiger partial charge in [0.1, 0.15) is 19.5 Å². The summed E-state index contributed by atoms with van der Waals surface area (Å²) in [5.41, 5.74) is 1.97. The standard InChI is InChI=1S/C15H21NO3.C15H19NO3.C13H13IO8.CH2Cl2/c2*17-11-14-8-4-5-9-16(10-14)15(18)19-12-13-6-2-1-3-7-13;1-8(15)19-14(20-9(2)16,21-10(3)17)12-7-5-4-6-11(12)13(18)22-14;2-1-3/h1-3,6-7,14,17H,4-5,8-12H2;1-3,6-7,11,14H,4-5,8-10,12H2;4-7H,1-3H3;1H2. The van der Waals surface area contributed by atoms with Crippen molar-refractivity contribution in [1.82, 2.24) is 9.80 Å². The van der Waals surface area contributed by atoms with Crippen molar-refractivity contribution in [3.8, 4) is 0 Å². The van der Waals surface area contributed by atoms with Gasteiger partial charge in [0, 0.05) is 38.7 Å². The minimum absolute atomic E-state index is 0.0142. The van der Waals surface area contributed by atoms with E-state index in [0.29, 0.717) is 26.2 Å². The van der Waals surface area contributed by atoms with Crippen molar-refractivity contribution in [3.05, 3.63) is 105 Å². The Morgan fingerprint density at radius 1 is 0.698 bits per heavy atom. The molecule has 2 amide bonds. The van der Waals surface area contributed by atoms with Gasteiger partial charge in [-0.15, -0.1) is 23.2 Å². The summed E-state index contributed by atoms with van der Waals surface area (Å²) in [5.74, 6) is -3.50. The van der Waals surface area contributed by atoms with E-state index in [-0.39, 0.29) is 51.7 Å². The van der Waals surface area contributed by atoms with E-state index < -0.39 is 42.6 Å². The van der Waals surface area contributed by atoms with Gasteiger partial charge >= 0.3 is 140 Å². The number of aldehydes is 1. The number of carbonyl (C=O) groups excluding carboxylic acids is 7. The minimum atomic E-state index is -6.03. The Bertz CT molecular complexity index is 1920. The molecule has 3 aliphatic rings. The number of benzene rings is 3. The number of ether oxygens (including phenoxy) is 2. The molecule has 6 rings (SSSR count). The van der Waals surface area contributed by atoms with Crippen LogP contribution in [0.1, 0.15) is 80.8 Å². The topological polar surface area (TPSA) is 202 Å². The zero-order valence-corrected chi connectivity index (χ0v) is 39.2. The quantitative estimate of drug-likeness (QED) is 0.122. The number of aliphatic hydroxyl groups is 1. The Hall–Kier alpha value is -4.98. The summed E-state index contributed by atoms with van der Waals surface area (Å²) in [4.78, 5) is 84.9. The molecule has 3 heterocycles. The molecule has 0 spiro atoms. The second-order valence-corrected chi connectivity index (χ2v) is 21.9. The molecule has 3 aromatic rings. The van der Waals surface area contributed by atoms with E-state index in [9.17, 15) is 38.7 Å². The average molecular weight is 1030 g/mol. The van der Waals surface area contributed by atoms with Gasteiger partial charge in [0.2, 0.25) is 0 Å². The van der Waals surface area contributed by atoms with Gasteiger partial charge < -0.3 is 29.2 Å². The van der Waals surface area contributed by atoms with Crippen LogP contribution in [0.25, 0.3) is 0 Å². The number of hydrogen-bond donors (Lipinski definition) is 1. The Labute approximate surface area is 380 Å². The summed E-state index contributed by atoms with van der Waals surface area (Å²) < 4.78 is 31.1. The van der Waals surface area contributed by atoms with Gasteiger partial charge in [0.05, 0.1) is 5.34 Å². The molecule has 0 aliphatic carbocycles. The summed E-state index contributed by atoms with van der Waals surface area (Å²) in [6.07, 6.45) is 6.18. The molecule has 3 aliphatic heterocycles. The number of hydrogen-bond acceptors (Lipinski definition) is 14. The molecule has 1 N–H and O–H groups in total. The van der Waals surface area contributed by atoms with Gasteiger partial charge in [-0.05, 0) is 42.7 Å². The van der Waals surface area contributed by atoms with Gasteiger partial charge in [-0.2, -0.15) is 0 Å². The van der Waals surface area contributed by atoms with Crippen LogP contribution in [-0.4, -0.2) is 95.4 Å². The number of likely N-dealkylation sites (tertiary alicyclic amines) is 2. The van der Waals surface area contributed by atoms with Gasteiger partial charge in [0.15, 0.2) is 0 Å². The van der Waals surface area contributed by atoms with Crippen LogP contribution < -0.4 is 0 Å². The smallest absolute Gasteiger partial charge is 0.410 e. The number of fused-ring (bicyclic) bond motifs is 1. The predicted molar refractivity (Wildman–Crippen MR) is 241 cm³/mol. The largest absolute Gasteiger partial charge is 0.445 e. The molecule has 2 fully saturated rings. The van der Waals surface area contributed by atoms with Gasteiger partial charge in [0.25, 0.3) is 0 Å². The number of nitrogens with zero attached hydrogens (tertiary/aromatic N) is 2. The van der Waals surface area contributed by atoms with Crippen LogP contribution in [0.4, 0.5) is 9.59 Å². The Kier molecular flexibility index (Phi) is 22.1. The molecule has 2 atom stereocenters. The van der Waals surface area contributed by atoms with Crippen LogP contribution in [0.3, 0.4) is 0 Å². The van der Waals surface area contributed by atoms with E-state index in [1.54, 1.807) is 15.9 Å². The maximum atomic E-state index is 12.1. The zero-order chi connectivity index (χ0) is 46.3. The number of carbonyl (C=O) groups is 7. The molecule has 3 aromatic carbocycles. The van der Waals surface area contributed by atoms with Gasteiger partial charge in [-0.1, -0.05) is 73.5 Å². The maximum Gasteiger partial charge on any atom is 0.410 e. The SMILES string of the molecule is CC(=O)OI1(OC(C)=O)(OC(C)=O)OC(=O)c2ccccc21.ClCCl.O=C(OCc1ccccc1)N1CCCCC(CO)C1.O=CC1CCCCN(C(=O)OCc2ccccc2)C1. The van der Waals surface area contributed by atoms with Crippen LogP contribution in [0.15, 0.2) is 84.9 Å². The number of alkyl halides is 2. The number of aliphatic hydroxyl groups excluding tert-OH is 1. The summed E-state index contributed by atoms with van der Waals surface area (Å²) in [5, 5.41) is 9.44. The molecular weight excluding hydrogens is 978 g/mol. The number of rotatable bonds is 9. The molecule has 0 aromatic heterocycles. The molecule has 346 valence electrons. The van der Waals surface area contributed by atoms with Gasteiger partial charge in [-0.25, -0.2) is 9.59 Å². The van der Waals surface area contributed by atoms with Crippen LogP contribution in [0, 0.1) is 15.4 Å². The van der Waals surface area contributed by atoms with E-state index in [4.69, 9.17) is 44.9 Å². The normalized spacial score (nSPS) is 18.8. The van der Waals surface area contributed by atoms with Crippen LogP contribution in [-0.2, 0) is 54.1 Å². The Morgan fingerprint density at radius 2 is 1.14 bits per heavy atom. The van der Waals surface area contributed by atoms with E-state index >= 15 is 0 Å². The number of amides is 2. The Balaban J connectivity index is 0.000000244. The molecule has 19 heteroatoms. The van der Waals surface area contributed by atoms with Crippen LogP contribution in [0.2, 0.25) is 0 Å². The third-order valence-electron chi connectivity index (χ3n) is 9.21. The summed E-state index contributed by atoms with van der Waals surface area (Å²) in [6.45, 7) is 6.29. The fraction of sp³-hybridized carbons (Fsp3) is 0.432. The Morgan fingerprint density at radius 3 is 1.60 bits per heavy atom. The third-order valence-corrected chi connectivity index (χ3v) is 17.3. The van der Waals surface area contributed by atoms with Crippen molar-refractivity contribution in [3.63, 3.8) is 0 Å². The van der Waals surface area contributed by atoms with E-state index in [1.807, 2.05) is 60.7 Å². The monoisotopic (exact) mass is 1030 g/mol. The van der Waals surface area contributed by atoms with E-state index in [2.05, 4.69) is 0 Å².